The van der Waals surface area contributed by atoms with E-state index in [0.29, 0.717) is 54.6 Å². The Morgan fingerprint density at radius 2 is 1.52 bits per heavy atom. The van der Waals surface area contributed by atoms with E-state index < -0.39 is 22.1 Å². The van der Waals surface area contributed by atoms with E-state index in [0.717, 1.165) is 0 Å². The number of benzene rings is 3. The molecular formula is C29H33N3O7S. The molecule has 10 nitrogen and oxygen atoms in total. The Bertz CT molecular complexity index is 1440. The Morgan fingerprint density at radius 3 is 2.10 bits per heavy atom. The van der Waals surface area contributed by atoms with Crippen LogP contribution in [0.2, 0.25) is 0 Å². The summed E-state index contributed by atoms with van der Waals surface area (Å²) < 4.78 is 44.3. The van der Waals surface area contributed by atoms with Crippen LogP contribution < -0.4 is 18.7 Å². The minimum absolute atomic E-state index is 0.110. The van der Waals surface area contributed by atoms with Gasteiger partial charge in [-0.15, -0.1) is 0 Å². The lowest BCUT2D eigenvalue weighted by Gasteiger charge is -2.38. The number of amides is 1. The molecule has 0 radical (unpaired) electrons. The molecule has 1 fully saturated rings. The number of anilines is 2. The van der Waals surface area contributed by atoms with Gasteiger partial charge in [0.15, 0.2) is 0 Å². The van der Waals surface area contributed by atoms with E-state index in [1.165, 1.54) is 31.5 Å². The predicted molar refractivity (Wildman–Crippen MR) is 151 cm³/mol. The van der Waals surface area contributed by atoms with Gasteiger partial charge in [-0.2, -0.15) is 0 Å². The van der Waals surface area contributed by atoms with Crippen molar-refractivity contribution < 1.29 is 32.2 Å². The van der Waals surface area contributed by atoms with Crippen LogP contribution in [0, 0.1) is 0 Å². The highest BCUT2D eigenvalue weighted by molar-refractivity contribution is 7.92. The van der Waals surface area contributed by atoms with Crippen molar-refractivity contribution in [3.05, 3.63) is 78.4 Å². The molecule has 4 rings (SSSR count). The Labute approximate surface area is 234 Å². The number of ether oxygens (including phenoxy) is 3. The zero-order valence-corrected chi connectivity index (χ0v) is 23.8. The van der Waals surface area contributed by atoms with Gasteiger partial charge >= 0.3 is 5.97 Å². The van der Waals surface area contributed by atoms with Gasteiger partial charge in [0.05, 0.1) is 30.5 Å². The van der Waals surface area contributed by atoms with E-state index >= 15 is 0 Å². The third-order valence-electron chi connectivity index (χ3n) is 6.79. The molecule has 1 atom stereocenters. The molecule has 1 aliphatic rings. The van der Waals surface area contributed by atoms with Gasteiger partial charge in [0, 0.05) is 45.7 Å². The number of nitrogens with zero attached hydrogens (tertiary/aromatic N) is 3. The molecule has 0 bridgehead atoms. The number of rotatable bonds is 9. The van der Waals surface area contributed by atoms with Gasteiger partial charge in [0.1, 0.15) is 11.5 Å². The summed E-state index contributed by atoms with van der Waals surface area (Å²) in [5.74, 6) is 0.309. The van der Waals surface area contributed by atoms with Crippen molar-refractivity contribution in [3.8, 4) is 11.5 Å². The lowest BCUT2D eigenvalue weighted by Crippen LogP contribution is -2.50. The standard InChI is InChI=1S/C29H33N3O7S/c1-21(33)39-28(22-8-6-5-7-9-22)29(34)32-18-16-31(17-19-32)26-20-25(14-15-27(26)38-4)40(35,36)30(2)23-10-12-24(37-3)13-11-23/h5-15,20,28H,16-19H2,1-4H3/t28-/m1/s1. The summed E-state index contributed by atoms with van der Waals surface area (Å²) in [6.45, 7) is 2.86. The van der Waals surface area contributed by atoms with Crippen LogP contribution in [0.4, 0.5) is 11.4 Å². The Hall–Kier alpha value is -4.25. The van der Waals surface area contributed by atoms with Crippen molar-refractivity contribution in [2.45, 2.75) is 17.9 Å². The van der Waals surface area contributed by atoms with Crippen molar-refractivity contribution in [1.82, 2.24) is 4.90 Å². The van der Waals surface area contributed by atoms with Crippen LogP contribution in [0.1, 0.15) is 18.6 Å². The minimum Gasteiger partial charge on any atom is -0.497 e. The van der Waals surface area contributed by atoms with E-state index in [1.54, 1.807) is 72.7 Å². The molecule has 0 aliphatic carbocycles. The first kappa shape index (κ1) is 28.8. The maximum absolute atomic E-state index is 13.5. The molecular weight excluding hydrogens is 534 g/mol. The summed E-state index contributed by atoms with van der Waals surface area (Å²) in [5.41, 5.74) is 1.70. The van der Waals surface area contributed by atoms with Crippen molar-refractivity contribution >= 4 is 33.3 Å². The second kappa shape index (κ2) is 12.3. The first-order chi connectivity index (χ1) is 19.1. The first-order valence-corrected chi connectivity index (χ1v) is 14.2. The number of carbonyl (C=O) groups is 2. The molecule has 0 aromatic heterocycles. The molecule has 212 valence electrons. The number of sulfonamides is 1. The Morgan fingerprint density at radius 1 is 0.875 bits per heavy atom. The van der Waals surface area contributed by atoms with Crippen LogP contribution in [0.15, 0.2) is 77.7 Å². The first-order valence-electron chi connectivity index (χ1n) is 12.7. The number of hydrogen-bond acceptors (Lipinski definition) is 8. The van der Waals surface area contributed by atoms with Crippen molar-refractivity contribution in [1.29, 1.82) is 0 Å². The molecule has 3 aromatic carbocycles. The summed E-state index contributed by atoms with van der Waals surface area (Å²) in [7, 11) is 0.694. The lowest BCUT2D eigenvalue weighted by atomic mass is 10.1. The van der Waals surface area contributed by atoms with E-state index in [-0.39, 0.29) is 10.8 Å². The monoisotopic (exact) mass is 567 g/mol. The highest BCUT2D eigenvalue weighted by Crippen LogP contribution is 2.34. The molecule has 40 heavy (non-hydrogen) atoms. The summed E-state index contributed by atoms with van der Waals surface area (Å²) in [6, 6.07) is 20.4. The van der Waals surface area contributed by atoms with Gasteiger partial charge < -0.3 is 24.0 Å². The second-order valence-corrected chi connectivity index (χ2v) is 11.2. The zero-order chi connectivity index (χ0) is 28.9. The molecule has 0 spiro atoms. The molecule has 1 aliphatic heterocycles. The van der Waals surface area contributed by atoms with Crippen molar-refractivity contribution in [2.75, 3.05) is 56.7 Å². The number of methoxy groups -OCH3 is 2. The summed E-state index contributed by atoms with van der Waals surface area (Å²) in [4.78, 5) is 28.8. The van der Waals surface area contributed by atoms with Crippen molar-refractivity contribution in [3.63, 3.8) is 0 Å². The fourth-order valence-corrected chi connectivity index (χ4v) is 5.77. The Kier molecular flexibility index (Phi) is 8.83. The number of carbonyl (C=O) groups excluding carboxylic acids is 2. The third-order valence-corrected chi connectivity index (χ3v) is 8.57. The van der Waals surface area contributed by atoms with Crippen LogP contribution >= 0.6 is 0 Å². The molecule has 0 N–H and O–H groups in total. The van der Waals surface area contributed by atoms with Gasteiger partial charge in [-0.05, 0) is 42.5 Å². The van der Waals surface area contributed by atoms with E-state index in [2.05, 4.69) is 0 Å². The predicted octanol–water partition coefficient (Wildman–Crippen LogP) is 3.48. The van der Waals surface area contributed by atoms with Gasteiger partial charge in [-0.1, -0.05) is 30.3 Å². The molecule has 11 heteroatoms. The third kappa shape index (κ3) is 6.15. The SMILES string of the molecule is COc1ccc(N(C)S(=O)(=O)c2ccc(OC)c(N3CCN(C(=O)[C@H](OC(C)=O)c4ccccc4)CC3)c2)cc1. The highest BCUT2D eigenvalue weighted by atomic mass is 32.2. The smallest absolute Gasteiger partial charge is 0.303 e. The zero-order valence-electron chi connectivity index (χ0n) is 22.9. The largest absolute Gasteiger partial charge is 0.497 e. The van der Waals surface area contributed by atoms with E-state index in [9.17, 15) is 18.0 Å². The Balaban J connectivity index is 1.53. The second-order valence-electron chi connectivity index (χ2n) is 9.22. The lowest BCUT2D eigenvalue weighted by molar-refractivity contribution is -0.159. The fraction of sp³-hybridized carbons (Fsp3) is 0.310. The number of hydrogen-bond donors (Lipinski definition) is 0. The summed E-state index contributed by atoms with van der Waals surface area (Å²) >= 11 is 0. The van der Waals surface area contributed by atoms with Gasteiger partial charge in [-0.25, -0.2) is 8.42 Å². The van der Waals surface area contributed by atoms with Crippen LogP contribution in [0.3, 0.4) is 0 Å². The average Bonchev–Trinajstić information content (AvgIpc) is 2.99. The summed E-state index contributed by atoms with van der Waals surface area (Å²) in [6.07, 6.45) is -1.03. The maximum atomic E-state index is 13.5. The normalized spacial score (nSPS) is 14.3. The highest BCUT2D eigenvalue weighted by Gasteiger charge is 2.32. The van der Waals surface area contributed by atoms with Crippen LogP contribution in [-0.2, 0) is 24.3 Å². The average molecular weight is 568 g/mol. The number of piperazine rings is 1. The maximum Gasteiger partial charge on any atom is 0.303 e. The van der Waals surface area contributed by atoms with E-state index in [4.69, 9.17) is 14.2 Å². The van der Waals surface area contributed by atoms with Gasteiger partial charge in [0.2, 0.25) is 6.10 Å². The van der Waals surface area contributed by atoms with E-state index in [1.807, 2.05) is 11.0 Å². The number of esters is 1. The fourth-order valence-electron chi connectivity index (χ4n) is 4.55. The van der Waals surface area contributed by atoms with Crippen LogP contribution in [0.25, 0.3) is 0 Å². The molecule has 0 unspecified atom stereocenters. The molecule has 1 heterocycles. The molecule has 0 saturated carbocycles. The summed E-state index contributed by atoms with van der Waals surface area (Å²) in [5, 5.41) is 0. The van der Waals surface area contributed by atoms with Gasteiger partial charge in [0.25, 0.3) is 15.9 Å². The molecule has 1 amide bonds. The van der Waals surface area contributed by atoms with Gasteiger partial charge in [-0.3, -0.25) is 13.9 Å². The topological polar surface area (TPSA) is 106 Å². The molecule has 1 saturated heterocycles. The van der Waals surface area contributed by atoms with Crippen LogP contribution in [0.5, 0.6) is 11.5 Å². The minimum atomic E-state index is -3.88. The quantitative estimate of drug-likeness (QED) is 0.362. The van der Waals surface area contributed by atoms with Crippen molar-refractivity contribution in [2.24, 2.45) is 0 Å². The van der Waals surface area contributed by atoms with Crippen LogP contribution in [-0.4, -0.2) is 72.6 Å². The molecule has 3 aromatic rings.